The maximum Gasteiger partial charge on any atom is 0.522 e. The topological polar surface area (TPSA) is 113 Å². The van der Waals surface area contributed by atoms with E-state index in [0.717, 1.165) is 6.08 Å². The molecule has 0 aliphatic heterocycles. The van der Waals surface area contributed by atoms with E-state index in [4.69, 9.17) is 17.8 Å². The quantitative estimate of drug-likeness (QED) is 0.138. The van der Waals surface area contributed by atoms with Crippen molar-refractivity contribution in [2.24, 2.45) is 5.10 Å². The van der Waals surface area contributed by atoms with Gasteiger partial charge in [0.2, 0.25) is 0 Å². The highest BCUT2D eigenvalue weighted by atomic mass is 35.5. The molecule has 0 aliphatic rings. The molecule has 0 rings (SSSR count). The van der Waals surface area contributed by atoms with Crippen LogP contribution in [-0.4, -0.2) is 29.9 Å². The molecule has 0 fully saturated rings. The van der Waals surface area contributed by atoms with E-state index in [1.54, 1.807) is 5.43 Å². The number of rotatable bonds is 1. The van der Waals surface area contributed by atoms with Crippen molar-refractivity contribution >= 4 is 33.2 Å². The Hall–Kier alpha value is -1.16. The first-order chi connectivity index (χ1) is 6.52. The number of amides is 1. The Morgan fingerprint density at radius 2 is 1.80 bits per heavy atom. The number of carbonyl (C=O) groups excluding carboxylic acids is 2. The Balaban J connectivity index is 0. The Bertz CT molecular complexity index is 358. The first kappa shape index (κ1) is 16.3. The number of hydrogen-bond acceptors (Lipinski definition) is 5. The van der Waals surface area contributed by atoms with E-state index < -0.39 is 21.0 Å². The predicted octanol–water partition coefficient (Wildman–Crippen LogP) is 0.580. The summed E-state index contributed by atoms with van der Waals surface area (Å²) in [6.45, 7) is 0. The molecule has 0 aromatic rings. The predicted molar refractivity (Wildman–Crippen MR) is 40.1 cm³/mol. The second-order valence-corrected chi connectivity index (χ2v) is 3.27. The maximum absolute atomic E-state index is 10.7. The highest BCUT2D eigenvalue weighted by Gasteiger charge is 2.44. The van der Waals surface area contributed by atoms with Gasteiger partial charge < -0.3 is 0 Å². The van der Waals surface area contributed by atoms with E-state index in [9.17, 15) is 18.0 Å². The van der Waals surface area contributed by atoms with E-state index in [1.807, 2.05) is 0 Å². The first-order valence-electron chi connectivity index (χ1n) is 2.58. The summed E-state index contributed by atoms with van der Waals surface area (Å²) < 4.78 is 57.5. The molecule has 0 saturated heterocycles. The molecule has 0 atom stereocenters. The zero-order valence-electron chi connectivity index (χ0n) is 6.45. The molecular formula is C3H2ClF3N2O5S. The molecule has 0 spiro atoms. The van der Waals surface area contributed by atoms with Crippen LogP contribution in [0.1, 0.15) is 0 Å². The van der Waals surface area contributed by atoms with Crippen LogP contribution in [0.5, 0.6) is 0 Å². The molecule has 12 heteroatoms. The molecule has 0 bridgehead atoms. The zero-order valence-corrected chi connectivity index (χ0v) is 8.02. The highest BCUT2D eigenvalue weighted by molar-refractivity contribution is 7.86. The summed E-state index contributed by atoms with van der Waals surface area (Å²) >= 11 is 4.63. The molecule has 0 aromatic heterocycles. The Morgan fingerprint density at radius 3 is 1.87 bits per heavy atom. The summed E-state index contributed by atoms with van der Waals surface area (Å²) in [6.07, 6.45) is 1.06. The third kappa shape index (κ3) is 10.8. The van der Waals surface area contributed by atoms with Gasteiger partial charge in [-0.1, -0.05) is 5.10 Å². The lowest BCUT2D eigenvalue weighted by Gasteiger charge is -1.97. The number of alkyl halides is 3. The summed E-state index contributed by atoms with van der Waals surface area (Å²) in [7, 11) is -5.84. The van der Waals surface area contributed by atoms with Gasteiger partial charge in [-0.3, -0.25) is 9.35 Å². The normalized spacial score (nSPS) is 10.5. The second-order valence-electron chi connectivity index (χ2n) is 1.51. The van der Waals surface area contributed by atoms with Crippen LogP contribution < -0.4 is 5.43 Å². The van der Waals surface area contributed by atoms with Crippen LogP contribution in [0.15, 0.2) is 5.10 Å². The summed E-state index contributed by atoms with van der Waals surface area (Å²) in [5, 5.41) is 1.73. The average Bonchev–Trinajstić information content (AvgIpc) is 1.98. The number of nitrogens with zero attached hydrogens (tertiary/aromatic N) is 1. The Morgan fingerprint density at radius 1 is 1.47 bits per heavy atom. The zero-order chi connectivity index (χ0) is 12.7. The van der Waals surface area contributed by atoms with Crippen molar-refractivity contribution in [3.05, 3.63) is 0 Å². The van der Waals surface area contributed by atoms with Crippen LogP contribution in [-0.2, 0) is 14.9 Å². The number of nitrogens with one attached hydrogen (secondary N) is 1. The monoisotopic (exact) mass is 270 g/mol. The number of halogens is 4. The van der Waals surface area contributed by atoms with E-state index in [0.29, 0.717) is 0 Å². The molecule has 88 valence electrons. The van der Waals surface area contributed by atoms with Gasteiger partial charge in [0.1, 0.15) is 0 Å². The number of carbonyl (C=O) groups is 1. The number of isocyanates is 1. The van der Waals surface area contributed by atoms with Crippen LogP contribution in [0, 0.1) is 0 Å². The smallest absolute Gasteiger partial charge is 0.279 e. The van der Waals surface area contributed by atoms with Gasteiger partial charge in [-0.2, -0.15) is 21.6 Å². The van der Waals surface area contributed by atoms with Crippen LogP contribution >= 0.6 is 11.6 Å². The minimum Gasteiger partial charge on any atom is -0.279 e. The third-order valence-electron chi connectivity index (χ3n) is 0.482. The van der Waals surface area contributed by atoms with Crippen molar-refractivity contribution in [3.8, 4) is 0 Å². The van der Waals surface area contributed by atoms with Gasteiger partial charge in [-0.15, -0.1) is 0 Å². The van der Waals surface area contributed by atoms with Gasteiger partial charge in [0, 0.05) is 0 Å². The lowest BCUT2D eigenvalue weighted by atomic mass is 11.4. The fourth-order valence-corrected chi connectivity index (χ4v) is 0.109. The number of hydrogen-bond donors (Lipinski definition) is 2. The maximum atomic E-state index is 10.7. The van der Waals surface area contributed by atoms with Crippen molar-refractivity contribution in [1.29, 1.82) is 0 Å². The molecule has 0 aliphatic carbocycles. The van der Waals surface area contributed by atoms with E-state index in [-0.39, 0.29) is 0 Å². The summed E-state index contributed by atoms with van der Waals surface area (Å²) in [4.78, 5) is 18.7. The highest BCUT2D eigenvalue weighted by Crippen LogP contribution is 2.20. The molecule has 1 amide bonds. The molecule has 0 radical (unpaired) electrons. The lowest BCUT2D eigenvalue weighted by Crippen LogP contribution is -2.21. The molecule has 0 unspecified atom stereocenters. The fraction of sp³-hybridized carbons (Fsp3) is 0.333. The van der Waals surface area contributed by atoms with Gasteiger partial charge in [0.15, 0.2) is 0 Å². The molecule has 0 saturated carbocycles. The van der Waals surface area contributed by atoms with Gasteiger partial charge in [0.25, 0.3) is 6.08 Å². The largest absolute Gasteiger partial charge is 0.522 e. The van der Waals surface area contributed by atoms with Crippen molar-refractivity contribution in [2.45, 2.75) is 5.51 Å². The molecule has 7 nitrogen and oxygen atoms in total. The van der Waals surface area contributed by atoms with Gasteiger partial charge in [-0.25, -0.2) is 10.2 Å². The standard InChI is InChI=1S/C2HClN2O2.CHF3O3S/c3-2(7)5-4-1-6;2-1(3,4)8(5,6)7/h(H,5,7);(H,5,6,7). The van der Waals surface area contributed by atoms with Gasteiger partial charge in [0.05, 0.1) is 0 Å². The second kappa shape index (κ2) is 6.35. The van der Waals surface area contributed by atoms with Crippen molar-refractivity contribution in [3.63, 3.8) is 0 Å². The molecule has 15 heavy (non-hydrogen) atoms. The van der Waals surface area contributed by atoms with Gasteiger partial charge >= 0.3 is 21.0 Å². The minimum absolute atomic E-state index is 0.900. The van der Waals surface area contributed by atoms with Crippen molar-refractivity contribution in [1.82, 2.24) is 5.43 Å². The van der Waals surface area contributed by atoms with E-state index >= 15 is 0 Å². The van der Waals surface area contributed by atoms with Crippen molar-refractivity contribution in [2.75, 3.05) is 0 Å². The summed E-state index contributed by atoms with van der Waals surface area (Å²) in [5.41, 5.74) is -3.91. The summed E-state index contributed by atoms with van der Waals surface area (Å²) in [6, 6.07) is 0. The van der Waals surface area contributed by atoms with Crippen LogP contribution in [0.2, 0.25) is 0 Å². The van der Waals surface area contributed by atoms with Crippen LogP contribution in [0.3, 0.4) is 0 Å². The lowest BCUT2D eigenvalue weighted by molar-refractivity contribution is -0.0510. The Kier molecular flexibility index (Phi) is 6.89. The van der Waals surface area contributed by atoms with Crippen LogP contribution in [0.4, 0.5) is 18.0 Å². The summed E-state index contributed by atoms with van der Waals surface area (Å²) in [5.74, 6) is 0. The Labute approximate surface area is 85.6 Å². The van der Waals surface area contributed by atoms with E-state index in [1.165, 1.54) is 0 Å². The minimum atomic E-state index is -5.84. The van der Waals surface area contributed by atoms with E-state index in [2.05, 4.69) is 16.7 Å². The molecule has 2 N–H and O–H groups in total. The number of hydrazone groups is 1. The average molecular weight is 271 g/mol. The molecular weight excluding hydrogens is 269 g/mol. The van der Waals surface area contributed by atoms with Crippen molar-refractivity contribution < 1.29 is 35.7 Å². The molecule has 0 heterocycles. The SMILES string of the molecule is O=C=NNC(=O)Cl.O=S(=O)(O)C(F)(F)F. The fourth-order valence-electron chi connectivity index (χ4n) is 0.0668. The first-order valence-corrected chi connectivity index (χ1v) is 4.40. The molecule has 0 aromatic carbocycles. The van der Waals surface area contributed by atoms with Crippen LogP contribution in [0.25, 0.3) is 0 Å². The third-order valence-corrected chi connectivity index (χ3v) is 1.15. The van der Waals surface area contributed by atoms with Gasteiger partial charge in [-0.05, 0) is 11.6 Å².